The van der Waals surface area contributed by atoms with Gasteiger partial charge in [0.15, 0.2) is 0 Å². The molecule has 1 aromatic rings. The maximum Gasteiger partial charge on any atom is 0.230 e. The quantitative estimate of drug-likeness (QED) is 0.718. The van der Waals surface area contributed by atoms with Crippen molar-refractivity contribution in [2.75, 3.05) is 18.8 Å². The molecule has 0 bridgehead atoms. The Morgan fingerprint density at radius 2 is 2.26 bits per heavy atom. The molecule has 1 saturated carbocycles. The van der Waals surface area contributed by atoms with E-state index in [4.69, 9.17) is 0 Å². The van der Waals surface area contributed by atoms with E-state index < -0.39 is 0 Å². The summed E-state index contributed by atoms with van der Waals surface area (Å²) < 4.78 is 0. The normalized spacial score (nSPS) is 14.4. The molecular formula is C15H22N2OS. The molecule has 0 radical (unpaired) electrons. The molecule has 0 aromatic heterocycles. The summed E-state index contributed by atoms with van der Waals surface area (Å²) in [5.74, 6) is 1.41. The zero-order valence-electron chi connectivity index (χ0n) is 11.4. The predicted octanol–water partition coefficient (Wildman–Crippen LogP) is 2.41. The lowest BCUT2D eigenvalue weighted by atomic mass is 10.2. The van der Waals surface area contributed by atoms with Crippen molar-refractivity contribution in [3.63, 3.8) is 0 Å². The van der Waals surface area contributed by atoms with Crippen LogP contribution in [0.1, 0.15) is 25.3 Å². The van der Waals surface area contributed by atoms with Crippen LogP contribution >= 0.6 is 11.8 Å². The fraction of sp³-hybridized carbons (Fsp3) is 0.533. The maximum atomic E-state index is 11.7. The number of hydrogen-bond acceptors (Lipinski definition) is 3. The van der Waals surface area contributed by atoms with E-state index in [1.165, 1.54) is 18.4 Å². The largest absolute Gasteiger partial charge is 0.355 e. The molecule has 1 aliphatic rings. The Morgan fingerprint density at radius 1 is 1.42 bits per heavy atom. The van der Waals surface area contributed by atoms with Crippen LogP contribution in [0.5, 0.6) is 0 Å². The molecule has 104 valence electrons. The van der Waals surface area contributed by atoms with Gasteiger partial charge in [-0.3, -0.25) is 4.79 Å². The van der Waals surface area contributed by atoms with E-state index in [9.17, 15) is 4.79 Å². The SMILES string of the molecule is CCNCc1cccc(SCC(=O)NCC2CC2)c1. The fourth-order valence-corrected chi connectivity index (χ4v) is 2.60. The molecule has 4 heteroatoms. The van der Waals surface area contributed by atoms with Crippen molar-refractivity contribution in [1.29, 1.82) is 0 Å². The smallest absolute Gasteiger partial charge is 0.230 e. The van der Waals surface area contributed by atoms with Gasteiger partial charge in [0.25, 0.3) is 0 Å². The molecule has 1 amide bonds. The molecule has 1 aliphatic carbocycles. The standard InChI is InChI=1S/C15H22N2OS/c1-2-16-9-13-4-3-5-14(8-13)19-11-15(18)17-10-12-6-7-12/h3-5,8,12,16H,2,6-7,9-11H2,1H3,(H,17,18). The predicted molar refractivity (Wildman–Crippen MR) is 80.3 cm³/mol. The van der Waals surface area contributed by atoms with Crippen LogP contribution in [0, 0.1) is 5.92 Å². The monoisotopic (exact) mass is 278 g/mol. The summed E-state index contributed by atoms with van der Waals surface area (Å²) in [6.07, 6.45) is 2.56. The van der Waals surface area contributed by atoms with Gasteiger partial charge in [0.2, 0.25) is 5.91 Å². The van der Waals surface area contributed by atoms with Crippen LogP contribution < -0.4 is 10.6 Å². The van der Waals surface area contributed by atoms with Crippen LogP contribution in [0.2, 0.25) is 0 Å². The van der Waals surface area contributed by atoms with E-state index >= 15 is 0 Å². The number of rotatable bonds is 8. The molecular weight excluding hydrogens is 256 g/mol. The number of nitrogens with one attached hydrogen (secondary N) is 2. The Hall–Kier alpha value is -1.00. The summed E-state index contributed by atoms with van der Waals surface area (Å²) >= 11 is 1.61. The average Bonchev–Trinajstić information content (AvgIpc) is 3.25. The van der Waals surface area contributed by atoms with E-state index in [-0.39, 0.29) is 5.91 Å². The van der Waals surface area contributed by atoms with Gasteiger partial charge in [0.1, 0.15) is 0 Å². The molecule has 19 heavy (non-hydrogen) atoms. The molecule has 0 spiro atoms. The second-order valence-electron chi connectivity index (χ2n) is 4.96. The lowest BCUT2D eigenvalue weighted by Crippen LogP contribution is -2.27. The number of carbonyl (C=O) groups excluding carboxylic acids is 1. The summed E-state index contributed by atoms with van der Waals surface area (Å²) in [5.41, 5.74) is 1.27. The zero-order chi connectivity index (χ0) is 13.5. The molecule has 2 rings (SSSR count). The second kappa shape index (κ2) is 7.56. The molecule has 1 aromatic carbocycles. The third kappa shape index (κ3) is 5.66. The van der Waals surface area contributed by atoms with Gasteiger partial charge >= 0.3 is 0 Å². The number of hydrogen-bond donors (Lipinski definition) is 2. The van der Waals surface area contributed by atoms with Crippen molar-refractivity contribution in [2.45, 2.75) is 31.2 Å². The van der Waals surface area contributed by atoms with Crippen molar-refractivity contribution < 1.29 is 4.79 Å². The molecule has 2 N–H and O–H groups in total. The van der Waals surface area contributed by atoms with Crippen LogP contribution in [0.4, 0.5) is 0 Å². The van der Waals surface area contributed by atoms with E-state index in [1.807, 2.05) is 0 Å². The molecule has 1 fully saturated rings. The maximum absolute atomic E-state index is 11.7. The van der Waals surface area contributed by atoms with E-state index in [1.54, 1.807) is 11.8 Å². The van der Waals surface area contributed by atoms with Crippen LogP contribution in [0.3, 0.4) is 0 Å². The van der Waals surface area contributed by atoms with E-state index in [0.29, 0.717) is 5.75 Å². The van der Waals surface area contributed by atoms with E-state index in [2.05, 4.69) is 41.8 Å². The van der Waals surface area contributed by atoms with Crippen molar-refractivity contribution in [2.24, 2.45) is 5.92 Å². The number of amides is 1. The Labute approximate surface area is 119 Å². The van der Waals surface area contributed by atoms with Crippen LogP contribution in [-0.4, -0.2) is 24.7 Å². The first kappa shape index (κ1) is 14.4. The van der Waals surface area contributed by atoms with Crippen molar-refractivity contribution >= 4 is 17.7 Å². The molecule has 0 atom stereocenters. The first-order chi connectivity index (χ1) is 9.28. The van der Waals surface area contributed by atoms with Gasteiger partial charge in [-0.2, -0.15) is 0 Å². The van der Waals surface area contributed by atoms with Crippen molar-refractivity contribution in [1.82, 2.24) is 10.6 Å². The minimum absolute atomic E-state index is 0.147. The highest BCUT2D eigenvalue weighted by atomic mass is 32.2. The minimum Gasteiger partial charge on any atom is -0.355 e. The summed E-state index contributed by atoms with van der Waals surface area (Å²) in [7, 11) is 0. The highest BCUT2D eigenvalue weighted by Crippen LogP contribution is 2.27. The Balaban J connectivity index is 1.72. The fourth-order valence-electron chi connectivity index (χ4n) is 1.79. The summed E-state index contributed by atoms with van der Waals surface area (Å²) in [4.78, 5) is 12.8. The Kier molecular flexibility index (Phi) is 5.73. The minimum atomic E-state index is 0.147. The average molecular weight is 278 g/mol. The summed E-state index contributed by atoms with van der Waals surface area (Å²) in [5, 5.41) is 6.30. The highest BCUT2D eigenvalue weighted by molar-refractivity contribution is 8.00. The zero-order valence-corrected chi connectivity index (χ0v) is 12.3. The van der Waals surface area contributed by atoms with Crippen LogP contribution in [-0.2, 0) is 11.3 Å². The second-order valence-corrected chi connectivity index (χ2v) is 6.01. The van der Waals surface area contributed by atoms with Crippen molar-refractivity contribution in [3.8, 4) is 0 Å². The lowest BCUT2D eigenvalue weighted by molar-refractivity contribution is -0.118. The first-order valence-corrected chi connectivity index (χ1v) is 7.95. The summed E-state index contributed by atoms with van der Waals surface area (Å²) in [6, 6.07) is 8.38. The number of thioether (sulfide) groups is 1. The third-order valence-corrected chi connectivity index (χ3v) is 4.13. The summed E-state index contributed by atoms with van der Waals surface area (Å²) in [6.45, 7) is 4.82. The van der Waals surface area contributed by atoms with Crippen LogP contribution in [0.15, 0.2) is 29.2 Å². The Bertz CT molecular complexity index is 418. The van der Waals surface area contributed by atoms with Gasteiger partial charge in [-0.05, 0) is 43.0 Å². The molecule has 0 unspecified atom stereocenters. The van der Waals surface area contributed by atoms with Gasteiger partial charge in [-0.1, -0.05) is 19.1 Å². The van der Waals surface area contributed by atoms with E-state index in [0.717, 1.165) is 30.4 Å². The lowest BCUT2D eigenvalue weighted by Gasteiger charge is -2.06. The Morgan fingerprint density at radius 3 is 3.00 bits per heavy atom. The van der Waals surface area contributed by atoms with Gasteiger partial charge in [-0.25, -0.2) is 0 Å². The van der Waals surface area contributed by atoms with Gasteiger partial charge in [-0.15, -0.1) is 11.8 Å². The van der Waals surface area contributed by atoms with Gasteiger partial charge in [0, 0.05) is 18.0 Å². The number of carbonyl (C=O) groups is 1. The first-order valence-electron chi connectivity index (χ1n) is 6.97. The van der Waals surface area contributed by atoms with Gasteiger partial charge in [0.05, 0.1) is 5.75 Å². The van der Waals surface area contributed by atoms with Crippen LogP contribution in [0.25, 0.3) is 0 Å². The van der Waals surface area contributed by atoms with Gasteiger partial charge < -0.3 is 10.6 Å². The van der Waals surface area contributed by atoms with Crippen molar-refractivity contribution in [3.05, 3.63) is 29.8 Å². The topological polar surface area (TPSA) is 41.1 Å². The molecule has 3 nitrogen and oxygen atoms in total. The molecule has 0 saturated heterocycles. The number of benzene rings is 1. The highest BCUT2D eigenvalue weighted by Gasteiger charge is 2.21. The third-order valence-electron chi connectivity index (χ3n) is 3.13. The molecule has 0 heterocycles. The molecule has 0 aliphatic heterocycles.